The summed E-state index contributed by atoms with van der Waals surface area (Å²) >= 11 is 0. The highest BCUT2D eigenvalue weighted by Gasteiger charge is 2.28. The summed E-state index contributed by atoms with van der Waals surface area (Å²) in [5.41, 5.74) is 3.00. The van der Waals surface area contributed by atoms with Gasteiger partial charge in [-0.3, -0.25) is 9.59 Å². The third-order valence-corrected chi connectivity index (χ3v) is 4.93. The van der Waals surface area contributed by atoms with Gasteiger partial charge >= 0.3 is 0 Å². The normalized spacial score (nSPS) is 17.3. The van der Waals surface area contributed by atoms with E-state index < -0.39 is 0 Å². The van der Waals surface area contributed by atoms with Crippen LogP contribution < -0.4 is 0 Å². The lowest BCUT2D eigenvalue weighted by molar-refractivity contribution is -0.124. The van der Waals surface area contributed by atoms with Crippen LogP contribution in [0.4, 0.5) is 0 Å². The molecule has 25 heavy (non-hydrogen) atoms. The van der Waals surface area contributed by atoms with Crippen LogP contribution in [-0.2, 0) is 11.2 Å². The first-order valence-electron chi connectivity index (χ1n) is 9.06. The Morgan fingerprint density at radius 3 is 2.64 bits per heavy atom. The van der Waals surface area contributed by atoms with Gasteiger partial charge in [0.05, 0.1) is 0 Å². The number of carbonyl (C=O) groups is 2. The smallest absolute Gasteiger partial charge is 0.253 e. The number of carbonyl (C=O) groups excluding carboxylic acids is 2. The first-order chi connectivity index (χ1) is 12.1. The van der Waals surface area contributed by atoms with Crippen LogP contribution in [0.1, 0.15) is 40.7 Å². The molecule has 2 aromatic carbocycles. The fourth-order valence-corrected chi connectivity index (χ4v) is 3.50. The molecule has 1 heterocycles. The molecule has 1 aliphatic rings. The molecule has 130 valence electrons. The molecule has 0 bridgehead atoms. The van der Waals surface area contributed by atoms with Crippen molar-refractivity contribution in [3.8, 4) is 0 Å². The van der Waals surface area contributed by atoms with Gasteiger partial charge in [0.25, 0.3) is 5.91 Å². The third-order valence-electron chi connectivity index (χ3n) is 4.93. The van der Waals surface area contributed by atoms with Crippen LogP contribution in [0.5, 0.6) is 0 Å². The van der Waals surface area contributed by atoms with Crippen LogP contribution in [0.2, 0.25) is 0 Å². The Bertz CT molecular complexity index is 739. The predicted molar refractivity (Wildman–Crippen MR) is 99.6 cm³/mol. The monoisotopic (exact) mass is 335 g/mol. The van der Waals surface area contributed by atoms with Gasteiger partial charge in [0.2, 0.25) is 0 Å². The zero-order chi connectivity index (χ0) is 17.6. The maximum absolute atomic E-state index is 12.7. The van der Waals surface area contributed by atoms with E-state index in [4.69, 9.17) is 0 Å². The van der Waals surface area contributed by atoms with Crippen molar-refractivity contribution in [2.45, 2.75) is 32.6 Å². The lowest BCUT2D eigenvalue weighted by Crippen LogP contribution is -2.42. The molecule has 3 heteroatoms. The van der Waals surface area contributed by atoms with Gasteiger partial charge in [-0.25, -0.2) is 0 Å². The Morgan fingerprint density at radius 1 is 1.08 bits per heavy atom. The second-order valence-electron chi connectivity index (χ2n) is 6.91. The molecule has 1 saturated heterocycles. The van der Waals surface area contributed by atoms with E-state index in [1.54, 1.807) is 0 Å². The van der Waals surface area contributed by atoms with E-state index in [0.29, 0.717) is 13.0 Å². The number of ketones is 1. The van der Waals surface area contributed by atoms with E-state index >= 15 is 0 Å². The Morgan fingerprint density at radius 2 is 1.88 bits per heavy atom. The predicted octanol–water partition coefficient (Wildman–Crippen LogP) is 4.05. The number of hydrogen-bond acceptors (Lipinski definition) is 2. The number of benzene rings is 2. The van der Waals surface area contributed by atoms with Crippen LogP contribution in [0.15, 0.2) is 54.6 Å². The van der Waals surface area contributed by atoms with Gasteiger partial charge in [0.1, 0.15) is 5.78 Å². The first-order valence-corrected chi connectivity index (χ1v) is 9.06. The summed E-state index contributed by atoms with van der Waals surface area (Å²) < 4.78 is 0. The number of nitrogens with zero attached hydrogens (tertiary/aromatic N) is 1. The average Bonchev–Trinajstić information content (AvgIpc) is 2.66. The van der Waals surface area contributed by atoms with Crippen molar-refractivity contribution in [3.05, 3.63) is 71.3 Å². The SMILES string of the molecule is Cc1cccc(C(=O)N2CCC[C@H](C(=O)CCc3ccccc3)C2)c1. The van der Waals surface area contributed by atoms with Gasteiger partial charge < -0.3 is 4.90 Å². The zero-order valence-electron chi connectivity index (χ0n) is 14.8. The lowest BCUT2D eigenvalue weighted by atomic mass is 9.90. The number of Topliss-reactive ketones (excluding diaryl/α,β-unsaturated/α-hetero) is 1. The second-order valence-corrected chi connectivity index (χ2v) is 6.91. The maximum atomic E-state index is 12.7. The van der Waals surface area contributed by atoms with E-state index in [9.17, 15) is 9.59 Å². The molecule has 1 fully saturated rings. The summed E-state index contributed by atoms with van der Waals surface area (Å²) in [7, 11) is 0. The summed E-state index contributed by atoms with van der Waals surface area (Å²) in [4.78, 5) is 27.2. The number of piperidine rings is 1. The summed E-state index contributed by atoms with van der Waals surface area (Å²) in [5.74, 6) is 0.307. The highest BCUT2D eigenvalue weighted by atomic mass is 16.2. The van der Waals surface area contributed by atoms with E-state index in [0.717, 1.165) is 36.9 Å². The molecular weight excluding hydrogens is 310 g/mol. The molecule has 0 aromatic heterocycles. The molecule has 1 atom stereocenters. The van der Waals surface area contributed by atoms with Crippen molar-refractivity contribution in [2.75, 3.05) is 13.1 Å². The molecule has 0 unspecified atom stereocenters. The summed E-state index contributed by atoms with van der Waals surface area (Å²) in [6.07, 6.45) is 3.13. The number of hydrogen-bond donors (Lipinski definition) is 0. The quantitative estimate of drug-likeness (QED) is 0.827. The molecule has 1 aliphatic heterocycles. The number of likely N-dealkylation sites (tertiary alicyclic amines) is 1. The maximum Gasteiger partial charge on any atom is 0.253 e. The molecule has 0 radical (unpaired) electrons. The molecule has 3 rings (SSSR count). The summed E-state index contributed by atoms with van der Waals surface area (Å²) in [5, 5.41) is 0. The van der Waals surface area contributed by atoms with Crippen molar-refractivity contribution in [2.24, 2.45) is 5.92 Å². The van der Waals surface area contributed by atoms with Gasteiger partial charge in [-0.1, -0.05) is 48.0 Å². The Balaban J connectivity index is 1.58. The van der Waals surface area contributed by atoms with E-state index in [-0.39, 0.29) is 17.6 Å². The second kappa shape index (κ2) is 8.11. The Kier molecular flexibility index (Phi) is 5.64. The van der Waals surface area contributed by atoms with Crippen molar-refractivity contribution in [1.82, 2.24) is 4.90 Å². The van der Waals surface area contributed by atoms with Crippen LogP contribution in [0, 0.1) is 12.8 Å². The van der Waals surface area contributed by atoms with Crippen LogP contribution in [-0.4, -0.2) is 29.7 Å². The Hall–Kier alpha value is -2.42. The van der Waals surface area contributed by atoms with Crippen molar-refractivity contribution in [3.63, 3.8) is 0 Å². The third kappa shape index (κ3) is 4.56. The zero-order valence-corrected chi connectivity index (χ0v) is 14.8. The van der Waals surface area contributed by atoms with Gasteiger partial charge in [-0.05, 0) is 43.9 Å². The van der Waals surface area contributed by atoms with E-state index in [1.807, 2.05) is 54.3 Å². The number of rotatable bonds is 5. The van der Waals surface area contributed by atoms with Crippen molar-refractivity contribution in [1.29, 1.82) is 0 Å². The topological polar surface area (TPSA) is 37.4 Å². The lowest BCUT2D eigenvalue weighted by Gasteiger charge is -2.32. The largest absolute Gasteiger partial charge is 0.338 e. The van der Waals surface area contributed by atoms with Crippen molar-refractivity contribution >= 4 is 11.7 Å². The standard InChI is InChI=1S/C22H25NO2/c1-17-7-5-10-19(15-17)22(25)23-14-6-11-20(16-23)21(24)13-12-18-8-3-2-4-9-18/h2-5,7-10,15,20H,6,11-14,16H2,1H3/t20-/m0/s1. The average molecular weight is 335 g/mol. The molecule has 2 aromatic rings. The summed E-state index contributed by atoms with van der Waals surface area (Å²) in [6, 6.07) is 17.8. The molecule has 0 spiro atoms. The van der Waals surface area contributed by atoms with Crippen LogP contribution >= 0.6 is 0 Å². The van der Waals surface area contributed by atoms with Gasteiger partial charge in [-0.2, -0.15) is 0 Å². The summed E-state index contributed by atoms with van der Waals surface area (Å²) in [6.45, 7) is 3.29. The molecule has 0 N–H and O–H groups in total. The Labute approximate surface area is 149 Å². The highest BCUT2D eigenvalue weighted by Crippen LogP contribution is 2.21. The van der Waals surface area contributed by atoms with E-state index in [2.05, 4.69) is 12.1 Å². The molecular formula is C22H25NO2. The number of aryl methyl sites for hydroxylation is 2. The fraction of sp³-hybridized carbons (Fsp3) is 0.364. The van der Waals surface area contributed by atoms with Gasteiger partial charge in [0.15, 0.2) is 0 Å². The van der Waals surface area contributed by atoms with Gasteiger partial charge in [-0.15, -0.1) is 0 Å². The minimum absolute atomic E-state index is 0.0220. The van der Waals surface area contributed by atoms with E-state index in [1.165, 1.54) is 5.56 Å². The van der Waals surface area contributed by atoms with Crippen LogP contribution in [0.25, 0.3) is 0 Å². The highest BCUT2D eigenvalue weighted by molar-refractivity contribution is 5.95. The van der Waals surface area contributed by atoms with Gasteiger partial charge in [0, 0.05) is 31.0 Å². The van der Waals surface area contributed by atoms with Crippen molar-refractivity contribution < 1.29 is 9.59 Å². The molecule has 1 amide bonds. The molecule has 0 aliphatic carbocycles. The fourth-order valence-electron chi connectivity index (χ4n) is 3.50. The first kappa shape index (κ1) is 17.4. The molecule has 3 nitrogen and oxygen atoms in total. The molecule has 0 saturated carbocycles. The minimum atomic E-state index is -0.0220. The minimum Gasteiger partial charge on any atom is -0.338 e. The van der Waals surface area contributed by atoms with Crippen LogP contribution in [0.3, 0.4) is 0 Å². The number of amides is 1.